The highest BCUT2D eigenvalue weighted by Crippen LogP contribution is 2.28. The van der Waals surface area contributed by atoms with Gasteiger partial charge in [0.1, 0.15) is 0 Å². The van der Waals surface area contributed by atoms with Crippen LogP contribution in [0.3, 0.4) is 0 Å². The Morgan fingerprint density at radius 3 is 3.27 bits per heavy atom. The molecule has 1 atom stereocenters. The SMILES string of the molecule is CCCC1C=Cn2cccc21. The van der Waals surface area contributed by atoms with Gasteiger partial charge in [-0.1, -0.05) is 19.4 Å². The molecule has 11 heavy (non-hydrogen) atoms. The molecule has 0 spiro atoms. The third-order valence-corrected chi connectivity index (χ3v) is 2.27. The van der Waals surface area contributed by atoms with Crippen LogP contribution < -0.4 is 0 Å². The molecule has 0 bridgehead atoms. The Balaban J connectivity index is 2.24. The second-order valence-corrected chi connectivity index (χ2v) is 3.08. The second-order valence-electron chi connectivity index (χ2n) is 3.08. The average Bonchev–Trinajstić information content (AvgIpc) is 2.53. The van der Waals surface area contributed by atoms with E-state index in [1.807, 2.05) is 0 Å². The fourth-order valence-corrected chi connectivity index (χ4v) is 1.71. The fourth-order valence-electron chi connectivity index (χ4n) is 1.71. The normalized spacial score (nSPS) is 20.6. The molecule has 0 fully saturated rings. The van der Waals surface area contributed by atoms with Crippen LogP contribution in [-0.4, -0.2) is 4.57 Å². The number of nitrogens with zero attached hydrogens (tertiary/aromatic N) is 1. The molecule has 1 aromatic rings. The average molecular weight is 147 g/mol. The molecule has 2 heterocycles. The first-order valence-electron chi connectivity index (χ1n) is 4.27. The summed E-state index contributed by atoms with van der Waals surface area (Å²) in [5.74, 6) is 0.676. The molecule has 1 unspecified atom stereocenters. The first-order chi connectivity index (χ1) is 5.42. The van der Waals surface area contributed by atoms with Gasteiger partial charge in [0, 0.05) is 24.0 Å². The maximum Gasteiger partial charge on any atom is 0.0290 e. The number of allylic oxidation sites excluding steroid dienone is 1. The van der Waals surface area contributed by atoms with Gasteiger partial charge in [-0.25, -0.2) is 0 Å². The van der Waals surface area contributed by atoms with Crippen molar-refractivity contribution in [2.24, 2.45) is 0 Å². The predicted octanol–water partition coefficient (Wildman–Crippen LogP) is 2.86. The van der Waals surface area contributed by atoms with E-state index in [2.05, 4.69) is 42.1 Å². The van der Waals surface area contributed by atoms with Gasteiger partial charge in [-0.3, -0.25) is 0 Å². The smallest absolute Gasteiger partial charge is 0.0290 e. The second kappa shape index (κ2) is 2.57. The zero-order valence-corrected chi connectivity index (χ0v) is 6.83. The van der Waals surface area contributed by atoms with Crippen molar-refractivity contribution in [1.29, 1.82) is 0 Å². The molecule has 1 aromatic heterocycles. The van der Waals surface area contributed by atoms with E-state index in [0.29, 0.717) is 5.92 Å². The van der Waals surface area contributed by atoms with Crippen molar-refractivity contribution in [3.63, 3.8) is 0 Å². The third kappa shape index (κ3) is 1.01. The molecule has 0 saturated carbocycles. The molecule has 1 aliphatic rings. The number of rotatable bonds is 2. The minimum Gasteiger partial charge on any atom is -0.327 e. The van der Waals surface area contributed by atoms with Crippen molar-refractivity contribution in [1.82, 2.24) is 4.57 Å². The number of fused-ring (bicyclic) bond motifs is 1. The zero-order chi connectivity index (χ0) is 7.68. The van der Waals surface area contributed by atoms with Gasteiger partial charge < -0.3 is 4.57 Å². The summed E-state index contributed by atoms with van der Waals surface area (Å²) in [6, 6.07) is 4.32. The van der Waals surface area contributed by atoms with E-state index in [4.69, 9.17) is 0 Å². The van der Waals surface area contributed by atoms with Crippen LogP contribution >= 0.6 is 0 Å². The van der Waals surface area contributed by atoms with Crippen LogP contribution in [0, 0.1) is 0 Å². The van der Waals surface area contributed by atoms with Gasteiger partial charge >= 0.3 is 0 Å². The molecule has 0 saturated heterocycles. The summed E-state index contributed by atoms with van der Waals surface area (Å²) in [6.07, 6.45) is 9.11. The van der Waals surface area contributed by atoms with Crippen molar-refractivity contribution < 1.29 is 0 Å². The lowest BCUT2D eigenvalue weighted by Crippen LogP contribution is -1.92. The Morgan fingerprint density at radius 1 is 1.55 bits per heavy atom. The highest BCUT2D eigenvalue weighted by Gasteiger charge is 2.14. The summed E-state index contributed by atoms with van der Waals surface area (Å²) in [7, 11) is 0. The monoisotopic (exact) mass is 147 g/mol. The van der Waals surface area contributed by atoms with E-state index < -0.39 is 0 Å². The molecule has 1 aliphatic heterocycles. The van der Waals surface area contributed by atoms with E-state index in [0.717, 1.165) is 0 Å². The summed E-state index contributed by atoms with van der Waals surface area (Å²) in [5, 5.41) is 0. The minimum atomic E-state index is 0.676. The van der Waals surface area contributed by atoms with Crippen molar-refractivity contribution in [2.45, 2.75) is 25.7 Å². The summed E-state index contributed by atoms with van der Waals surface area (Å²) in [4.78, 5) is 0. The highest BCUT2D eigenvalue weighted by atomic mass is 15.0. The molecule has 0 N–H and O–H groups in total. The quantitative estimate of drug-likeness (QED) is 0.606. The van der Waals surface area contributed by atoms with Crippen molar-refractivity contribution in [2.75, 3.05) is 0 Å². The summed E-state index contributed by atoms with van der Waals surface area (Å²) in [6.45, 7) is 2.24. The zero-order valence-electron chi connectivity index (χ0n) is 6.83. The summed E-state index contributed by atoms with van der Waals surface area (Å²) >= 11 is 0. The Labute approximate surface area is 67.3 Å². The Hall–Kier alpha value is -0.980. The molecule has 0 aromatic carbocycles. The Kier molecular flexibility index (Phi) is 1.57. The summed E-state index contributed by atoms with van der Waals surface area (Å²) < 4.78 is 2.21. The van der Waals surface area contributed by atoms with Crippen LogP contribution in [0.5, 0.6) is 0 Å². The third-order valence-electron chi connectivity index (χ3n) is 2.27. The standard InChI is InChI=1S/C10H13N/c1-2-4-9-6-8-11-7-3-5-10(9)11/h3,5-9H,2,4H2,1H3. The van der Waals surface area contributed by atoms with Crippen LogP contribution in [-0.2, 0) is 0 Å². The maximum absolute atomic E-state index is 2.29. The Bertz CT molecular complexity index is 270. The largest absolute Gasteiger partial charge is 0.327 e. The van der Waals surface area contributed by atoms with Crippen LogP contribution in [0.1, 0.15) is 31.4 Å². The van der Waals surface area contributed by atoms with Crippen molar-refractivity contribution in [3.05, 3.63) is 30.1 Å². The lowest BCUT2D eigenvalue weighted by atomic mass is 10.0. The topological polar surface area (TPSA) is 4.93 Å². The predicted molar refractivity (Wildman–Crippen MR) is 47.4 cm³/mol. The highest BCUT2D eigenvalue weighted by molar-refractivity contribution is 5.40. The van der Waals surface area contributed by atoms with Crippen LogP contribution in [0.2, 0.25) is 0 Å². The van der Waals surface area contributed by atoms with E-state index in [9.17, 15) is 0 Å². The van der Waals surface area contributed by atoms with Gasteiger partial charge in [-0.15, -0.1) is 0 Å². The lowest BCUT2D eigenvalue weighted by molar-refractivity contribution is 0.710. The van der Waals surface area contributed by atoms with Crippen molar-refractivity contribution in [3.8, 4) is 0 Å². The van der Waals surface area contributed by atoms with Crippen LogP contribution in [0.4, 0.5) is 0 Å². The van der Waals surface area contributed by atoms with Gasteiger partial charge in [0.05, 0.1) is 0 Å². The van der Waals surface area contributed by atoms with Crippen molar-refractivity contribution >= 4 is 6.20 Å². The Morgan fingerprint density at radius 2 is 2.45 bits per heavy atom. The van der Waals surface area contributed by atoms with Gasteiger partial charge in [0.15, 0.2) is 0 Å². The van der Waals surface area contributed by atoms with Gasteiger partial charge in [-0.05, 0) is 18.6 Å². The van der Waals surface area contributed by atoms with E-state index in [1.165, 1.54) is 18.5 Å². The number of aromatic nitrogens is 1. The van der Waals surface area contributed by atoms with E-state index in [1.54, 1.807) is 0 Å². The molecule has 0 radical (unpaired) electrons. The molecular formula is C10H13N. The lowest BCUT2D eigenvalue weighted by Gasteiger charge is -2.05. The molecule has 2 rings (SSSR count). The molecule has 0 aliphatic carbocycles. The molecule has 1 heteroatoms. The summed E-state index contributed by atoms with van der Waals surface area (Å²) in [5.41, 5.74) is 1.45. The molecule has 1 nitrogen and oxygen atoms in total. The molecule has 58 valence electrons. The minimum absolute atomic E-state index is 0.676. The van der Waals surface area contributed by atoms with E-state index in [-0.39, 0.29) is 0 Å². The number of hydrogen-bond acceptors (Lipinski definition) is 0. The first-order valence-corrected chi connectivity index (χ1v) is 4.27. The van der Waals surface area contributed by atoms with E-state index >= 15 is 0 Å². The van der Waals surface area contributed by atoms with Gasteiger partial charge in [0.2, 0.25) is 0 Å². The molecular weight excluding hydrogens is 134 g/mol. The van der Waals surface area contributed by atoms with Crippen LogP contribution in [0.15, 0.2) is 24.4 Å². The number of hydrogen-bond donors (Lipinski definition) is 0. The fraction of sp³-hybridized carbons (Fsp3) is 0.400. The first kappa shape index (κ1) is 6.71. The van der Waals surface area contributed by atoms with Crippen LogP contribution in [0.25, 0.3) is 6.20 Å². The van der Waals surface area contributed by atoms with Gasteiger partial charge in [0.25, 0.3) is 0 Å². The van der Waals surface area contributed by atoms with Gasteiger partial charge in [-0.2, -0.15) is 0 Å². The molecule has 0 amide bonds. The maximum atomic E-state index is 2.29.